The molecule has 1 atom stereocenters. The van der Waals surface area contributed by atoms with Crippen molar-refractivity contribution >= 4 is 11.5 Å². The van der Waals surface area contributed by atoms with Crippen molar-refractivity contribution in [2.75, 3.05) is 0 Å². The maximum atomic E-state index is 12.5. The van der Waals surface area contributed by atoms with E-state index in [0.29, 0.717) is 6.04 Å². The number of carbonyl (C=O) groups excluding carboxylic acids is 1. The summed E-state index contributed by atoms with van der Waals surface area (Å²) in [6.07, 6.45) is 10.3. The van der Waals surface area contributed by atoms with Crippen LogP contribution in [0.2, 0.25) is 0 Å². The Hall–Kier alpha value is -2.95. The number of nitrogens with zero attached hydrogens (tertiary/aromatic N) is 4. The van der Waals surface area contributed by atoms with E-state index in [1.54, 1.807) is 0 Å². The molecule has 0 radical (unpaired) electrons. The summed E-state index contributed by atoms with van der Waals surface area (Å²) in [5, 5.41) is 8.69. The Labute approximate surface area is 145 Å². The first kappa shape index (κ1) is 14.4. The van der Waals surface area contributed by atoms with E-state index in [0.717, 1.165) is 41.1 Å². The van der Waals surface area contributed by atoms with Crippen LogP contribution in [0.5, 0.6) is 0 Å². The molecule has 124 valence electrons. The Morgan fingerprint density at radius 1 is 1.16 bits per heavy atom. The normalized spacial score (nSPS) is 22.0. The number of para-hydroxylation sites is 1. The molecule has 1 saturated carbocycles. The second kappa shape index (κ2) is 5.28. The van der Waals surface area contributed by atoms with Crippen LogP contribution < -0.4 is 0 Å². The molecule has 1 fully saturated rings. The Bertz CT molecular complexity index is 947. The molecule has 1 unspecified atom stereocenters. The molecule has 1 aromatic carbocycles. The largest absolute Gasteiger partial charge is 0.315 e. The predicted octanol–water partition coefficient (Wildman–Crippen LogP) is 3.03. The minimum absolute atomic E-state index is 0.131. The fraction of sp³-hybridized carbons (Fsp3) is 0.250. The van der Waals surface area contributed by atoms with Crippen molar-refractivity contribution in [2.45, 2.75) is 25.8 Å². The van der Waals surface area contributed by atoms with E-state index in [2.05, 4.69) is 16.4 Å². The molecule has 5 nitrogen and oxygen atoms in total. The molecule has 0 saturated heterocycles. The zero-order chi connectivity index (χ0) is 17.0. The number of allylic oxidation sites excluding steroid dienone is 3. The van der Waals surface area contributed by atoms with E-state index < -0.39 is 0 Å². The Kier molecular flexibility index (Phi) is 3.04. The second-order valence-electron chi connectivity index (χ2n) is 6.81. The van der Waals surface area contributed by atoms with Crippen LogP contribution in [-0.2, 0) is 4.79 Å². The van der Waals surface area contributed by atoms with E-state index in [9.17, 15) is 4.79 Å². The average Bonchev–Trinajstić information content (AvgIpc) is 3.34. The van der Waals surface area contributed by atoms with Crippen LogP contribution in [0.4, 0.5) is 0 Å². The molecule has 1 aliphatic heterocycles. The fourth-order valence-corrected chi connectivity index (χ4v) is 3.55. The van der Waals surface area contributed by atoms with Crippen LogP contribution >= 0.6 is 0 Å². The third-order valence-corrected chi connectivity index (χ3v) is 5.07. The summed E-state index contributed by atoms with van der Waals surface area (Å²) in [6.45, 7) is 2.02. The number of benzene rings is 1. The van der Waals surface area contributed by atoms with Gasteiger partial charge in [0.15, 0.2) is 0 Å². The highest BCUT2D eigenvalue weighted by Crippen LogP contribution is 2.39. The Morgan fingerprint density at radius 2 is 1.96 bits per heavy atom. The maximum Gasteiger partial charge on any atom is 0.238 e. The summed E-state index contributed by atoms with van der Waals surface area (Å²) in [6, 6.07) is 10.4. The highest BCUT2D eigenvalue weighted by Gasteiger charge is 2.40. The monoisotopic (exact) mass is 330 g/mol. The van der Waals surface area contributed by atoms with Gasteiger partial charge in [-0.15, -0.1) is 5.10 Å². The maximum absolute atomic E-state index is 12.5. The summed E-state index contributed by atoms with van der Waals surface area (Å²) in [5.74, 6) is 0.0718. The van der Waals surface area contributed by atoms with Gasteiger partial charge in [0.1, 0.15) is 5.69 Å². The first-order chi connectivity index (χ1) is 12.2. The lowest BCUT2D eigenvalue weighted by molar-refractivity contribution is -0.129. The van der Waals surface area contributed by atoms with Crippen molar-refractivity contribution in [3.05, 3.63) is 71.7 Å². The predicted molar refractivity (Wildman–Crippen MR) is 94.7 cm³/mol. The van der Waals surface area contributed by atoms with Gasteiger partial charge in [0.2, 0.25) is 5.91 Å². The van der Waals surface area contributed by atoms with E-state index >= 15 is 0 Å². The Morgan fingerprint density at radius 3 is 2.72 bits per heavy atom. The summed E-state index contributed by atoms with van der Waals surface area (Å²) in [4.78, 5) is 14.4. The van der Waals surface area contributed by atoms with Gasteiger partial charge in [-0.1, -0.05) is 35.6 Å². The number of aromatic nitrogens is 3. The standard InChI is InChI=1S/C20H18N4O/c1-13-19(21-22-24(13)17-5-3-2-4-6-17)14-7-10-18-15(11-14)12-23(20(18)25)16-8-9-16/h2-7,10-12,16,18H,8-9H2,1H3. The molecular formula is C20H18N4O. The van der Waals surface area contributed by atoms with Crippen molar-refractivity contribution in [3.8, 4) is 5.69 Å². The van der Waals surface area contributed by atoms with E-state index in [1.165, 1.54) is 0 Å². The van der Waals surface area contributed by atoms with Gasteiger partial charge in [0, 0.05) is 17.8 Å². The number of rotatable bonds is 3. The minimum Gasteiger partial charge on any atom is -0.315 e. The molecule has 1 amide bonds. The lowest BCUT2D eigenvalue weighted by Crippen LogP contribution is -2.27. The molecule has 5 heteroatoms. The Balaban J connectivity index is 1.51. The van der Waals surface area contributed by atoms with Crippen LogP contribution in [0.25, 0.3) is 11.3 Å². The topological polar surface area (TPSA) is 51.0 Å². The second-order valence-corrected chi connectivity index (χ2v) is 6.81. The molecule has 2 aliphatic carbocycles. The molecule has 2 aromatic rings. The van der Waals surface area contributed by atoms with Gasteiger partial charge in [-0.2, -0.15) is 0 Å². The molecule has 0 N–H and O–H groups in total. The quantitative estimate of drug-likeness (QED) is 0.869. The third kappa shape index (κ3) is 2.27. The van der Waals surface area contributed by atoms with Crippen LogP contribution in [0.1, 0.15) is 24.2 Å². The lowest BCUT2D eigenvalue weighted by Gasteiger charge is -2.15. The number of hydrogen-bond donors (Lipinski definition) is 0. The molecule has 3 aliphatic rings. The highest BCUT2D eigenvalue weighted by molar-refractivity contribution is 5.93. The zero-order valence-corrected chi connectivity index (χ0v) is 14.0. The van der Waals surface area contributed by atoms with Crippen molar-refractivity contribution in [2.24, 2.45) is 5.92 Å². The fourth-order valence-electron chi connectivity index (χ4n) is 3.55. The zero-order valence-electron chi connectivity index (χ0n) is 14.0. The van der Waals surface area contributed by atoms with Gasteiger partial charge in [-0.25, -0.2) is 4.68 Å². The van der Waals surface area contributed by atoms with Gasteiger partial charge >= 0.3 is 0 Å². The van der Waals surface area contributed by atoms with Crippen molar-refractivity contribution in [1.82, 2.24) is 19.9 Å². The van der Waals surface area contributed by atoms with Crippen LogP contribution in [-0.4, -0.2) is 31.8 Å². The summed E-state index contributed by atoms with van der Waals surface area (Å²) in [7, 11) is 0. The van der Waals surface area contributed by atoms with Gasteiger partial charge in [-0.05, 0) is 43.5 Å². The SMILES string of the molecule is Cc1c(C2=CC3=CN(C4CC4)C(=O)C3C=C2)nnn1-c1ccccc1. The third-order valence-electron chi connectivity index (χ3n) is 5.07. The summed E-state index contributed by atoms with van der Waals surface area (Å²) < 4.78 is 1.85. The molecular weight excluding hydrogens is 312 g/mol. The van der Waals surface area contributed by atoms with E-state index in [1.807, 2.05) is 65.2 Å². The van der Waals surface area contributed by atoms with Gasteiger partial charge < -0.3 is 4.90 Å². The summed E-state index contributed by atoms with van der Waals surface area (Å²) in [5.41, 5.74) is 4.91. The number of carbonyl (C=O) groups is 1. The van der Waals surface area contributed by atoms with Crippen LogP contribution in [0.3, 0.4) is 0 Å². The van der Waals surface area contributed by atoms with Crippen molar-refractivity contribution in [3.63, 3.8) is 0 Å². The molecule has 1 aromatic heterocycles. The van der Waals surface area contributed by atoms with Crippen LogP contribution in [0.15, 0.2) is 60.3 Å². The minimum atomic E-state index is -0.131. The van der Waals surface area contributed by atoms with Gasteiger partial charge in [0.25, 0.3) is 0 Å². The van der Waals surface area contributed by atoms with Crippen LogP contribution in [0, 0.1) is 12.8 Å². The molecule has 2 heterocycles. The van der Waals surface area contributed by atoms with E-state index in [4.69, 9.17) is 0 Å². The average molecular weight is 330 g/mol. The first-order valence-electron chi connectivity index (χ1n) is 8.64. The molecule has 0 bridgehead atoms. The lowest BCUT2D eigenvalue weighted by atomic mass is 9.91. The van der Waals surface area contributed by atoms with Crippen molar-refractivity contribution in [1.29, 1.82) is 0 Å². The van der Waals surface area contributed by atoms with Crippen molar-refractivity contribution < 1.29 is 4.79 Å². The first-order valence-corrected chi connectivity index (χ1v) is 8.64. The number of hydrogen-bond acceptors (Lipinski definition) is 3. The van der Waals surface area contributed by atoms with Gasteiger partial charge in [-0.3, -0.25) is 4.79 Å². The molecule has 0 spiro atoms. The summed E-state index contributed by atoms with van der Waals surface area (Å²) >= 11 is 0. The van der Waals surface area contributed by atoms with Gasteiger partial charge in [0.05, 0.1) is 17.3 Å². The van der Waals surface area contributed by atoms with E-state index in [-0.39, 0.29) is 11.8 Å². The molecule has 25 heavy (non-hydrogen) atoms. The smallest absolute Gasteiger partial charge is 0.238 e. The number of fused-ring (bicyclic) bond motifs is 1. The number of amides is 1. The molecule has 5 rings (SSSR count). The highest BCUT2D eigenvalue weighted by atomic mass is 16.2.